The summed E-state index contributed by atoms with van der Waals surface area (Å²) in [5, 5.41) is 8.97. The van der Waals surface area contributed by atoms with E-state index in [0.29, 0.717) is 5.11 Å². The summed E-state index contributed by atoms with van der Waals surface area (Å²) in [6, 6.07) is 20.3. The van der Waals surface area contributed by atoms with Gasteiger partial charge in [-0.25, -0.2) is 4.39 Å². The Labute approximate surface area is 144 Å². The van der Waals surface area contributed by atoms with Crippen molar-refractivity contribution in [2.24, 2.45) is 0 Å². The highest BCUT2D eigenvalue weighted by atomic mass is 32.1. The molecule has 0 fully saturated rings. The number of nitrogens with one attached hydrogen (secondary N) is 2. The summed E-state index contributed by atoms with van der Waals surface area (Å²) < 4.78 is 13.0. The number of hydrogen-bond donors (Lipinski definition) is 2. The molecule has 0 aliphatic carbocycles. The van der Waals surface area contributed by atoms with Crippen LogP contribution in [0.1, 0.15) is 16.5 Å². The lowest BCUT2D eigenvalue weighted by Crippen LogP contribution is -2.32. The normalized spacial score (nSPS) is 11.7. The lowest BCUT2D eigenvalue weighted by atomic mass is 10.1. The predicted molar refractivity (Wildman–Crippen MR) is 98.4 cm³/mol. The highest BCUT2D eigenvalue weighted by Crippen LogP contribution is 2.26. The van der Waals surface area contributed by atoms with Crippen molar-refractivity contribution in [2.45, 2.75) is 6.04 Å². The number of thiocarbonyl (C=S) groups is 1. The maximum Gasteiger partial charge on any atom is 0.171 e. The minimum atomic E-state index is -0.268. The fourth-order valence-corrected chi connectivity index (χ4v) is 3.29. The Hall–Kier alpha value is -2.24. The first-order chi connectivity index (χ1) is 11.2. The molecule has 2 aromatic carbocycles. The van der Waals surface area contributed by atoms with E-state index in [1.807, 2.05) is 29.6 Å². The fraction of sp³-hybridized carbons (Fsp3) is 0.0556. The van der Waals surface area contributed by atoms with Gasteiger partial charge in [0.25, 0.3) is 0 Å². The van der Waals surface area contributed by atoms with E-state index in [9.17, 15) is 4.39 Å². The molecule has 0 bridgehead atoms. The maximum absolute atomic E-state index is 13.0. The summed E-state index contributed by atoms with van der Waals surface area (Å²) in [7, 11) is 0. The number of benzene rings is 2. The van der Waals surface area contributed by atoms with Crippen LogP contribution in [0.5, 0.6) is 0 Å². The van der Waals surface area contributed by atoms with Crippen LogP contribution in [0.3, 0.4) is 0 Å². The van der Waals surface area contributed by atoms with Gasteiger partial charge in [-0.1, -0.05) is 36.4 Å². The van der Waals surface area contributed by atoms with Gasteiger partial charge < -0.3 is 10.6 Å². The molecule has 0 aliphatic heterocycles. The lowest BCUT2D eigenvalue weighted by molar-refractivity contribution is 0.628. The van der Waals surface area contributed by atoms with Crippen molar-refractivity contribution in [1.29, 1.82) is 0 Å². The molecule has 5 heteroatoms. The van der Waals surface area contributed by atoms with E-state index in [4.69, 9.17) is 12.2 Å². The van der Waals surface area contributed by atoms with Crippen LogP contribution in [0.2, 0.25) is 0 Å². The van der Waals surface area contributed by atoms with Gasteiger partial charge in [-0.05, 0) is 53.5 Å². The van der Waals surface area contributed by atoms with Gasteiger partial charge in [0.15, 0.2) is 5.11 Å². The molecule has 0 saturated heterocycles. The molecule has 0 spiro atoms. The number of thiophene rings is 1. The van der Waals surface area contributed by atoms with Gasteiger partial charge in [0, 0.05) is 10.6 Å². The summed E-state index contributed by atoms with van der Waals surface area (Å²) in [5.41, 5.74) is 1.89. The Morgan fingerprint density at radius 1 is 0.957 bits per heavy atom. The smallest absolute Gasteiger partial charge is 0.171 e. The van der Waals surface area contributed by atoms with E-state index in [0.717, 1.165) is 11.3 Å². The molecule has 2 N–H and O–H groups in total. The van der Waals surface area contributed by atoms with Crippen LogP contribution >= 0.6 is 23.6 Å². The first-order valence-electron chi connectivity index (χ1n) is 7.14. The SMILES string of the molecule is Fc1ccc(NC(=S)N[C@@H](c2ccccc2)c2cccs2)cc1. The van der Waals surface area contributed by atoms with Crippen molar-refractivity contribution in [3.63, 3.8) is 0 Å². The Morgan fingerprint density at radius 3 is 2.35 bits per heavy atom. The monoisotopic (exact) mass is 342 g/mol. The Kier molecular flexibility index (Phi) is 5.00. The number of anilines is 1. The van der Waals surface area contributed by atoms with Gasteiger partial charge in [-0.3, -0.25) is 0 Å². The van der Waals surface area contributed by atoms with Gasteiger partial charge in [0.2, 0.25) is 0 Å². The minimum Gasteiger partial charge on any atom is -0.351 e. The molecule has 0 radical (unpaired) electrons. The first kappa shape index (κ1) is 15.6. The van der Waals surface area contributed by atoms with Crippen molar-refractivity contribution < 1.29 is 4.39 Å². The fourth-order valence-electron chi connectivity index (χ4n) is 2.25. The van der Waals surface area contributed by atoms with Crippen molar-refractivity contribution in [2.75, 3.05) is 5.32 Å². The molecule has 1 heterocycles. The average Bonchev–Trinajstić information content (AvgIpc) is 3.10. The molecule has 0 amide bonds. The van der Waals surface area contributed by atoms with Gasteiger partial charge in [-0.15, -0.1) is 11.3 Å². The highest BCUT2D eigenvalue weighted by Gasteiger charge is 2.16. The molecule has 3 aromatic rings. The van der Waals surface area contributed by atoms with Crippen LogP contribution in [-0.2, 0) is 0 Å². The zero-order valence-electron chi connectivity index (χ0n) is 12.2. The standard InChI is InChI=1S/C18H15FN2S2/c19-14-8-10-15(11-9-14)20-18(22)21-17(16-7-4-12-23-16)13-5-2-1-3-6-13/h1-12,17H,(H2,20,21,22)/t17-/m0/s1. The summed E-state index contributed by atoms with van der Waals surface area (Å²) in [5.74, 6) is -0.268. The van der Waals surface area contributed by atoms with Crippen molar-refractivity contribution in [3.05, 3.63) is 88.4 Å². The van der Waals surface area contributed by atoms with Gasteiger partial charge in [-0.2, -0.15) is 0 Å². The molecule has 0 saturated carbocycles. The van der Waals surface area contributed by atoms with Crippen LogP contribution in [0.4, 0.5) is 10.1 Å². The van der Waals surface area contributed by atoms with Crippen LogP contribution in [0.25, 0.3) is 0 Å². The molecule has 0 aliphatic rings. The van der Waals surface area contributed by atoms with Crippen molar-refractivity contribution >= 4 is 34.4 Å². The second kappa shape index (κ2) is 7.35. The van der Waals surface area contributed by atoms with Crippen LogP contribution < -0.4 is 10.6 Å². The van der Waals surface area contributed by atoms with Crippen LogP contribution in [0.15, 0.2) is 72.1 Å². The van der Waals surface area contributed by atoms with Crippen LogP contribution in [0, 0.1) is 5.82 Å². The Bertz CT molecular complexity index is 755. The van der Waals surface area contributed by atoms with E-state index in [1.165, 1.54) is 17.0 Å². The summed E-state index contributed by atoms with van der Waals surface area (Å²) >= 11 is 7.08. The third kappa shape index (κ3) is 4.15. The molecular weight excluding hydrogens is 327 g/mol. The summed E-state index contributed by atoms with van der Waals surface area (Å²) in [6.07, 6.45) is 0. The zero-order valence-corrected chi connectivity index (χ0v) is 13.8. The number of halogens is 1. The zero-order chi connectivity index (χ0) is 16.1. The van der Waals surface area contributed by atoms with E-state index < -0.39 is 0 Å². The van der Waals surface area contributed by atoms with Gasteiger partial charge in [0.1, 0.15) is 5.82 Å². The Morgan fingerprint density at radius 2 is 1.70 bits per heavy atom. The highest BCUT2D eigenvalue weighted by molar-refractivity contribution is 7.80. The summed E-state index contributed by atoms with van der Waals surface area (Å²) in [6.45, 7) is 0. The molecule has 3 rings (SSSR count). The topological polar surface area (TPSA) is 24.1 Å². The molecule has 116 valence electrons. The van der Waals surface area contributed by atoms with E-state index in [1.54, 1.807) is 23.5 Å². The molecule has 23 heavy (non-hydrogen) atoms. The molecule has 0 unspecified atom stereocenters. The molecule has 1 atom stereocenters. The van der Waals surface area contributed by atoms with E-state index in [2.05, 4.69) is 28.8 Å². The number of hydrogen-bond acceptors (Lipinski definition) is 2. The third-order valence-corrected chi connectivity index (χ3v) is 4.50. The quantitative estimate of drug-likeness (QED) is 0.655. The molecular formula is C18H15FN2S2. The second-order valence-corrected chi connectivity index (χ2v) is 6.35. The second-order valence-electron chi connectivity index (χ2n) is 4.96. The molecule has 1 aromatic heterocycles. The maximum atomic E-state index is 13.0. The summed E-state index contributed by atoms with van der Waals surface area (Å²) in [4.78, 5) is 1.18. The van der Waals surface area contributed by atoms with Gasteiger partial charge in [0.05, 0.1) is 6.04 Å². The van der Waals surface area contributed by atoms with Gasteiger partial charge >= 0.3 is 0 Å². The number of rotatable bonds is 4. The molecule has 2 nitrogen and oxygen atoms in total. The van der Waals surface area contributed by atoms with E-state index in [-0.39, 0.29) is 11.9 Å². The van der Waals surface area contributed by atoms with E-state index >= 15 is 0 Å². The Balaban J connectivity index is 1.76. The van der Waals surface area contributed by atoms with Crippen molar-refractivity contribution in [1.82, 2.24) is 5.32 Å². The predicted octanol–water partition coefficient (Wildman–Crippen LogP) is 4.96. The third-order valence-electron chi connectivity index (χ3n) is 3.34. The minimum absolute atomic E-state index is 0.0170. The van der Waals surface area contributed by atoms with Crippen LogP contribution in [-0.4, -0.2) is 5.11 Å². The lowest BCUT2D eigenvalue weighted by Gasteiger charge is -2.20. The average molecular weight is 342 g/mol. The first-order valence-corrected chi connectivity index (χ1v) is 8.42. The largest absolute Gasteiger partial charge is 0.351 e. The van der Waals surface area contributed by atoms with Crippen molar-refractivity contribution in [3.8, 4) is 0 Å².